The lowest BCUT2D eigenvalue weighted by Crippen LogP contribution is -2.32. The molecular weight excluding hydrogens is 306 g/mol. The number of ether oxygens (including phenoxy) is 1. The molecule has 24 heavy (non-hydrogen) atoms. The molecule has 1 amide bonds. The maximum atomic E-state index is 12.6. The summed E-state index contributed by atoms with van der Waals surface area (Å²) in [7, 11) is 0. The van der Waals surface area contributed by atoms with Crippen molar-refractivity contribution >= 4 is 5.91 Å². The molecule has 1 aliphatic carbocycles. The highest BCUT2D eigenvalue weighted by Gasteiger charge is 2.31. The fourth-order valence-corrected chi connectivity index (χ4v) is 2.51. The van der Waals surface area contributed by atoms with Gasteiger partial charge in [0.05, 0.1) is 6.61 Å². The lowest BCUT2D eigenvalue weighted by Gasteiger charge is -2.18. The van der Waals surface area contributed by atoms with Crippen LogP contribution < -0.4 is 10.1 Å². The van der Waals surface area contributed by atoms with Gasteiger partial charge in [0.1, 0.15) is 11.8 Å². The van der Waals surface area contributed by atoms with E-state index in [4.69, 9.17) is 9.26 Å². The van der Waals surface area contributed by atoms with Crippen LogP contribution >= 0.6 is 0 Å². The van der Waals surface area contributed by atoms with Gasteiger partial charge in [0.2, 0.25) is 5.89 Å². The van der Waals surface area contributed by atoms with Crippen LogP contribution in [0.2, 0.25) is 0 Å². The van der Waals surface area contributed by atoms with Crippen molar-refractivity contribution in [3.05, 3.63) is 41.5 Å². The maximum absolute atomic E-state index is 12.6. The Hall–Kier alpha value is -2.37. The molecule has 1 aromatic carbocycles. The van der Waals surface area contributed by atoms with Crippen LogP contribution in [0.1, 0.15) is 67.6 Å². The molecule has 3 rings (SSSR count). The third-order valence-electron chi connectivity index (χ3n) is 4.03. The number of benzene rings is 1. The van der Waals surface area contributed by atoms with E-state index in [0.717, 1.165) is 18.7 Å². The summed E-state index contributed by atoms with van der Waals surface area (Å²) >= 11 is 0. The number of nitrogens with zero attached hydrogens (tertiary/aromatic N) is 2. The fraction of sp³-hybridized carbons (Fsp3) is 0.500. The number of carbonyl (C=O) groups is 1. The molecule has 1 atom stereocenters. The van der Waals surface area contributed by atoms with Crippen molar-refractivity contribution in [3.63, 3.8) is 0 Å². The van der Waals surface area contributed by atoms with Crippen LogP contribution in [-0.2, 0) is 0 Å². The first-order valence-electron chi connectivity index (χ1n) is 8.45. The summed E-state index contributed by atoms with van der Waals surface area (Å²) in [4.78, 5) is 17.1. The Kier molecular flexibility index (Phi) is 4.83. The van der Waals surface area contributed by atoms with Gasteiger partial charge in [0.15, 0.2) is 5.82 Å². The van der Waals surface area contributed by atoms with Gasteiger partial charge in [0.25, 0.3) is 5.91 Å². The van der Waals surface area contributed by atoms with Crippen molar-refractivity contribution < 1.29 is 14.1 Å². The Morgan fingerprint density at radius 2 is 2.21 bits per heavy atom. The summed E-state index contributed by atoms with van der Waals surface area (Å²) in [6.07, 6.45) is 2.23. The number of amides is 1. The van der Waals surface area contributed by atoms with Gasteiger partial charge in [-0.05, 0) is 43.9 Å². The molecule has 1 N–H and O–H groups in total. The molecule has 0 bridgehead atoms. The van der Waals surface area contributed by atoms with Gasteiger partial charge in [-0.2, -0.15) is 4.98 Å². The standard InChI is InChI=1S/C18H23N3O3/c1-4-23-14-7-5-6-13(10-14)17(22)19-15(11(2)3)18-20-16(21-24-18)12-8-9-12/h5-7,10-12,15H,4,8-9H2,1-3H3,(H,19,22). The normalized spacial score (nSPS) is 15.3. The average molecular weight is 329 g/mol. The minimum Gasteiger partial charge on any atom is -0.494 e. The van der Waals surface area contributed by atoms with E-state index in [1.54, 1.807) is 12.1 Å². The van der Waals surface area contributed by atoms with E-state index < -0.39 is 0 Å². The molecule has 1 aliphatic rings. The monoisotopic (exact) mass is 329 g/mol. The van der Waals surface area contributed by atoms with Gasteiger partial charge < -0.3 is 14.6 Å². The van der Waals surface area contributed by atoms with Crippen LogP contribution in [0, 0.1) is 5.92 Å². The largest absolute Gasteiger partial charge is 0.494 e. The summed E-state index contributed by atoms with van der Waals surface area (Å²) < 4.78 is 10.8. The van der Waals surface area contributed by atoms with Crippen LogP contribution in [-0.4, -0.2) is 22.7 Å². The third-order valence-corrected chi connectivity index (χ3v) is 4.03. The van der Waals surface area contributed by atoms with E-state index >= 15 is 0 Å². The fourth-order valence-electron chi connectivity index (χ4n) is 2.51. The first-order valence-corrected chi connectivity index (χ1v) is 8.45. The van der Waals surface area contributed by atoms with E-state index in [1.165, 1.54) is 0 Å². The molecule has 0 spiro atoms. The van der Waals surface area contributed by atoms with Crippen molar-refractivity contribution in [2.24, 2.45) is 5.92 Å². The van der Waals surface area contributed by atoms with E-state index in [-0.39, 0.29) is 17.9 Å². The predicted octanol–water partition coefficient (Wildman–Crippen LogP) is 3.47. The summed E-state index contributed by atoms with van der Waals surface area (Å²) in [5.74, 6) is 2.29. The van der Waals surface area contributed by atoms with Gasteiger partial charge in [-0.25, -0.2) is 0 Å². The SMILES string of the molecule is CCOc1cccc(C(=O)NC(c2nc(C3CC3)no2)C(C)C)c1. The van der Waals surface area contributed by atoms with Crippen LogP contribution in [0.5, 0.6) is 5.75 Å². The Morgan fingerprint density at radius 1 is 1.42 bits per heavy atom. The molecule has 1 aromatic heterocycles. The molecule has 128 valence electrons. The summed E-state index contributed by atoms with van der Waals surface area (Å²) in [5, 5.41) is 7.04. The number of aromatic nitrogens is 2. The van der Waals surface area contributed by atoms with Gasteiger partial charge in [-0.1, -0.05) is 25.1 Å². The van der Waals surface area contributed by atoms with E-state index in [0.29, 0.717) is 29.7 Å². The molecule has 0 saturated heterocycles. The highest BCUT2D eigenvalue weighted by molar-refractivity contribution is 5.94. The van der Waals surface area contributed by atoms with Gasteiger partial charge in [-0.15, -0.1) is 0 Å². The lowest BCUT2D eigenvalue weighted by molar-refractivity contribution is 0.0913. The number of nitrogens with one attached hydrogen (secondary N) is 1. The molecule has 0 radical (unpaired) electrons. The van der Waals surface area contributed by atoms with E-state index in [2.05, 4.69) is 15.5 Å². The Labute approximate surface area is 141 Å². The first kappa shape index (κ1) is 16.5. The Morgan fingerprint density at radius 3 is 2.88 bits per heavy atom. The van der Waals surface area contributed by atoms with Gasteiger partial charge in [-0.3, -0.25) is 4.79 Å². The van der Waals surface area contributed by atoms with Crippen molar-refractivity contribution in [2.75, 3.05) is 6.61 Å². The molecule has 1 saturated carbocycles. The highest BCUT2D eigenvalue weighted by atomic mass is 16.5. The van der Waals surface area contributed by atoms with Crippen molar-refractivity contribution in [1.82, 2.24) is 15.5 Å². The molecule has 2 aromatic rings. The highest BCUT2D eigenvalue weighted by Crippen LogP contribution is 2.38. The van der Waals surface area contributed by atoms with Gasteiger partial charge in [0, 0.05) is 11.5 Å². The minimum atomic E-state index is -0.312. The second-order valence-corrected chi connectivity index (χ2v) is 6.42. The molecule has 6 heteroatoms. The number of carbonyl (C=O) groups excluding carboxylic acids is 1. The molecule has 6 nitrogen and oxygen atoms in total. The second-order valence-electron chi connectivity index (χ2n) is 6.42. The van der Waals surface area contributed by atoms with E-state index in [9.17, 15) is 4.79 Å². The van der Waals surface area contributed by atoms with Crippen LogP contribution in [0.3, 0.4) is 0 Å². The maximum Gasteiger partial charge on any atom is 0.252 e. The zero-order valence-corrected chi connectivity index (χ0v) is 14.3. The quantitative estimate of drug-likeness (QED) is 0.841. The van der Waals surface area contributed by atoms with Gasteiger partial charge >= 0.3 is 0 Å². The summed E-state index contributed by atoms with van der Waals surface area (Å²) in [5.41, 5.74) is 0.550. The predicted molar refractivity (Wildman–Crippen MR) is 88.9 cm³/mol. The molecule has 1 fully saturated rings. The summed E-state index contributed by atoms with van der Waals surface area (Å²) in [6.45, 7) is 6.51. The Balaban J connectivity index is 1.74. The topological polar surface area (TPSA) is 77.2 Å². The van der Waals surface area contributed by atoms with Crippen LogP contribution in [0.25, 0.3) is 0 Å². The second kappa shape index (κ2) is 7.03. The zero-order valence-electron chi connectivity index (χ0n) is 14.3. The van der Waals surface area contributed by atoms with Crippen molar-refractivity contribution in [1.29, 1.82) is 0 Å². The number of rotatable bonds is 7. The number of hydrogen-bond donors (Lipinski definition) is 1. The van der Waals surface area contributed by atoms with Crippen LogP contribution in [0.15, 0.2) is 28.8 Å². The van der Waals surface area contributed by atoms with Crippen molar-refractivity contribution in [2.45, 2.75) is 45.6 Å². The average Bonchev–Trinajstić information content (AvgIpc) is 3.31. The smallest absolute Gasteiger partial charge is 0.252 e. The lowest BCUT2D eigenvalue weighted by atomic mass is 10.0. The third kappa shape index (κ3) is 3.75. The van der Waals surface area contributed by atoms with Crippen molar-refractivity contribution in [3.8, 4) is 5.75 Å². The number of hydrogen-bond acceptors (Lipinski definition) is 5. The molecular formula is C18H23N3O3. The van der Waals surface area contributed by atoms with E-state index in [1.807, 2.05) is 32.9 Å². The molecule has 0 aliphatic heterocycles. The zero-order chi connectivity index (χ0) is 17.1. The molecule has 1 heterocycles. The minimum absolute atomic E-state index is 0.136. The first-order chi connectivity index (χ1) is 11.6. The Bertz CT molecular complexity index is 707. The molecule has 1 unspecified atom stereocenters. The summed E-state index contributed by atoms with van der Waals surface area (Å²) in [6, 6.07) is 6.83. The van der Waals surface area contributed by atoms with Crippen LogP contribution in [0.4, 0.5) is 0 Å².